The number of nitro benzene ring substituents is 1. The van der Waals surface area contributed by atoms with Crippen LogP contribution < -0.4 is 5.32 Å². The van der Waals surface area contributed by atoms with Crippen molar-refractivity contribution in [1.29, 1.82) is 0 Å². The minimum absolute atomic E-state index is 0.147. The van der Waals surface area contributed by atoms with Gasteiger partial charge in [-0.05, 0) is 19.9 Å². The van der Waals surface area contributed by atoms with E-state index in [1.807, 2.05) is 13.0 Å². The molecule has 0 spiro atoms. The lowest BCUT2D eigenvalue weighted by atomic mass is 10.1. The molecule has 1 aromatic rings. The molecule has 0 amide bonds. The van der Waals surface area contributed by atoms with Gasteiger partial charge in [-0.25, -0.2) is 0 Å². The number of nitro groups is 1. The van der Waals surface area contributed by atoms with Gasteiger partial charge in [0.2, 0.25) is 0 Å². The highest BCUT2D eigenvalue weighted by molar-refractivity contribution is 5.65. The van der Waals surface area contributed by atoms with Crippen LogP contribution in [0.25, 0.3) is 0 Å². The lowest BCUT2D eigenvalue weighted by Gasteiger charge is -2.29. The molecule has 6 heteroatoms. The molecule has 6 nitrogen and oxygen atoms in total. The van der Waals surface area contributed by atoms with E-state index in [9.17, 15) is 10.1 Å². The summed E-state index contributed by atoms with van der Waals surface area (Å²) in [6, 6.07) is 5.51. The maximum Gasteiger partial charge on any atom is 0.295 e. The summed E-state index contributed by atoms with van der Waals surface area (Å²) in [5.41, 5.74) is 1.44. The zero-order chi connectivity index (χ0) is 14.5. The second kappa shape index (κ2) is 6.67. The van der Waals surface area contributed by atoms with E-state index in [-0.39, 0.29) is 16.7 Å². The van der Waals surface area contributed by atoms with Gasteiger partial charge in [-0.3, -0.25) is 15.0 Å². The van der Waals surface area contributed by atoms with Crippen LogP contribution in [0, 0.1) is 17.0 Å². The van der Waals surface area contributed by atoms with Gasteiger partial charge < -0.3 is 10.1 Å². The number of aryl methyl sites for hydroxylation is 1. The molecule has 20 heavy (non-hydrogen) atoms. The van der Waals surface area contributed by atoms with E-state index in [1.165, 1.54) is 0 Å². The van der Waals surface area contributed by atoms with Crippen molar-refractivity contribution in [2.75, 3.05) is 38.2 Å². The molecule has 1 N–H and O–H groups in total. The average molecular weight is 279 g/mol. The number of hydrogen-bond acceptors (Lipinski definition) is 5. The molecular formula is C14H21N3O3. The van der Waals surface area contributed by atoms with E-state index in [0.717, 1.165) is 32.8 Å². The fourth-order valence-electron chi connectivity index (χ4n) is 2.50. The molecule has 0 bridgehead atoms. The number of nitrogens with one attached hydrogen (secondary N) is 1. The summed E-state index contributed by atoms with van der Waals surface area (Å²) >= 11 is 0. The summed E-state index contributed by atoms with van der Waals surface area (Å²) < 4.78 is 5.31. The Bertz CT molecular complexity index is 473. The van der Waals surface area contributed by atoms with E-state index in [0.29, 0.717) is 11.3 Å². The Hall–Kier alpha value is -1.66. The third-order valence-electron chi connectivity index (χ3n) is 3.46. The van der Waals surface area contributed by atoms with Gasteiger partial charge in [-0.1, -0.05) is 12.1 Å². The number of nitrogens with zero attached hydrogens (tertiary/aromatic N) is 2. The Labute approximate surface area is 118 Å². The topological polar surface area (TPSA) is 67.6 Å². The fraction of sp³-hybridized carbons (Fsp3) is 0.571. The molecular weight excluding hydrogens is 258 g/mol. The zero-order valence-electron chi connectivity index (χ0n) is 12.0. The summed E-state index contributed by atoms with van der Waals surface area (Å²) in [4.78, 5) is 13.1. The van der Waals surface area contributed by atoms with Crippen molar-refractivity contribution >= 4 is 11.4 Å². The summed E-state index contributed by atoms with van der Waals surface area (Å²) in [5, 5.41) is 14.4. The first-order valence-corrected chi connectivity index (χ1v) is 6.88. The van der Waals surface area contributed by atoms with E-state index in [2.05, 4.69) is 10.2 Å². The van der Waals surface area contributed by atoms with Crippen LogP contribution in [0.4, 0.5) is 11.4 Å². The molecule has 1 fully saturated rings. The molecule has 1 saturated heterocycles. The van der Waals surface area contributed by atoms with Crippen molar-refractivity contribution < 1.29 is 9.66 Å². The largest absolute Gasteiger partial charge is 0.379 e. The van der Waals surface area contributed by atoms with Crippen LogP contribution in [0.5, 0.6) is 0 Å². The zero-order valence-corrected chi connectivity index (χ0v) is 12.0. The summed E-state index contributed by atoms with van der Waals surface area (Å²) in [6.07, 6.45) is 0. The van der Waals surface area contributed by atoms with Gasteiger partial charge in [0, 0.05) is 31.2 Å². The minimum Gasteiger partial charge on any atom is -0.379 e. The summed E-state index contributed by atoms with van der Waals surface area (Å²) in [7, 11) is 0. The molecule has 1 aliphatic rings. The predicted molar refractivity (Wildman–Crippen MR) is 78.2 cm³/mol. The Kier molecular flexibility index (Phi) is 4.92. The third-order valence-corrected chi connectivity index (χ3v) is 3.46. The smallest absolute Gasteiger partial charge is 0.295 e. The number of morpholine rings is 1. The SMILES string of the molecule is Cc1cccc(NC(C)CN2CCOCC2)c1[N+](=O)[O-]. The van der Waals surface area contributed by atoms with Gasteiger partial charge >= 0.3 is 0 Å². The van der Waals surface area contributed by atoms with Crippen LogP contribution in [-0.4, -0.2) is 48.7 Å². The quantitative estimate of drug-likeness (QED) is 0.660. The Morgan fingerprint density at radius 3 is 2.80 bits per heavy atom. The summed E-state index contributed by atoms with van der Waals surface area (Å²) in [6.45, 7) is 8.02. The van der Waals surface area contributed by atoms with Crippen molar-refractivity contribution in [2.45, 2.75) is 19.9 Å². The highest BCUT2D eigenvalue weighted by Crippen LogP contribution is 2.28. The monoisotopic (exact) mass is 279 g/mol. The Morgan fingerprint density at radius 1 is 1.45 bits per heavy atom. The van der Waals surface area contributed by atoms with Gasteiger partial charge in [0.15, 0.2) is 0 Å². The molecule has 1 heterocycles. The van der Waals surface area contributed by atoms with Crippen LogP contribution in [0.1, 0.15) is 12.5 Å². The first-order chi connectivity index (χ1) is 9.58. The molecule has 1 aromatic carbocycles. The fourth-order valence-corrected chi connectivity index (χ4v) is 2.50. The number of hydrogen-bond donors (Lipinski definition) is 1. The minimum atomic E-state index is -0.320. The molecule has 110 valence electrons. The molecule has 1 aliphatic heterocycles. The molecule has 0 saturated carbocycles. The number of rotatable bonds is 5. The first kappa shape index (κ1) is 14.7. The van der Waals surface area contributed by atoms with Crippen molar-refractivity contribution in [2.24, 2.45) is 0 Å². The maximum absolute atomic E-state index is 11.2. The number of benzene rings is 1. The van der Waals surface area contributed by atoms with Crippen molar-refractivity contribution in [3.8, 4) is 0 Å². The Balaban J connectivity index is 2.01. The average Bonchev–Trinajstić information content (AvgIpc) is 2.39. The number of para-hydroxylation sites is 1. The van der Waals surface area contributed by atoms with E-state index in [4.69, 9.17) is 4.74 Å². The van der Waals surface area contributed by atoms with Crippen LogP contribution >= 0.6 is 0 Å². The van der Waals surface area contributed by atoms with Gasteiger partial charge in [0.25, 0.3) is 5.69 Å². The van der Waals surface area contributed by atoms with Crippen molar-refractivity contribution in [3.63, 3.8) is 0 Å². The van der Waals surface area contributed by atoms with Gasteiger partial charge in [-0.15, -0.1) is 0 Å². The number of anilines is 1. The molecule has 0 radical (unpaired) electrons. The second-order valence-corrected chi connectivity index (χ2v) is 5.19. The predicted octanol–water partition coefficient (Wildman–Crippen LogP) is 2.04. The molecule has 0 aromatic heterocycles. The van der Waals surface area contributed by atoms with Gasteiger partial charge in [0.1, 0.15) is 5.69 Å². The van der Waals surface area contributed by atoms with E-state index >= 15 is 0 Å². The van der Waals surface area contributed by atoms with E-state index < -0.39 is 0 Å². The van der Waals surface area contributed by atoms with Crippen LogP contribution in [0.2, 0.25) is 0 Å². The highest BCUT2D eigenvalue weighted by atomic mass is 16.6. The molecule has 2 rings (SSSR count). The highest BCUT2D eigenvalue weighted by Gasteiger charge is 2.19. The standard InChI is InChI=1S/C14H21N3O3/c1-11-4-3-5-13(14(11)17(18)19)15-12(2)10-16-6-8-20-9-7-16/h3-5,12,15H,6-10H2,1-2H3. The third kappa shape index (κ3) is 3.68. The Morgan fingerprint density at radius 2 is 2.15 bits per heavy atom. The van der Waals surface area contributed by atoms with Crippen molar-refractivity contribution in [3.05, 3.63) is 33.9 Å². The first-order valence-electron chi connectivity index (χ1n) is 6.88. The molecule has 1 unspecified atom stereocenters. The van der Waals surface area contributed by atoms with Gasteiger partial charge in [0.05, 0.1) is 18.1 Å². The van der Waals surface area contributed by atoms with Crippen LogP contribution in [0.15, 0.2) is 18.2 Å². The lowest BCUT2D eigenvalue weighted by Crippen LogP contribution is -2.42. The van der Waals surface area contributed by atoms with Gasteiger partial charge in [-0.2, -0.15) is 0 Å². The molecule has 1 atom stereocenters. The number of ether oxygens (including phenoxy) is 1. The van der Waals surface area contributed by atoms with E-state index in [1.54, 1.807) is 19.1 Å². The van der Waals surface area contributed by atoms with Crippen LogP contribution in [-0.2, 0) is 4.74 Å². The normalized spacial score (nSPS) is 17.7. The lowest BCUT2D eigenvalue weighted by molar-refractivity contribution is -0.384. The van der Waals surface area contributed by atoms with Crippen LogP contribution in [0.3, 0.4) is 0 Å². The maximum atomic E-state index is 11.2. The summed E-state index contributed by atoms with van der Waals surface area (Å²) in [5.74, 6) is 0. The van der Waals surface area contributed by atoms with Crippen molar-refractivity contribution in [1.82, 2.24) is 4.90 Å². The second-order valence-electron chi connectivity index (χ2n) is 5.19. The molecule has 0 aliphatic carbocycles.